The van der Waals surface area contributed by atoms with Crippen molar-refractivity contribution in [3.05, 3.63) is 0 Å². The maximum atomic E-state index is 14.1. The highest BCUT2D eigenvalue weighted by molar-refractivity contribution is 5.71. The molecule has 8 amide bonds. The number of quaternary nitrogens is 1. The second-order valence-corrected chi connectivity index (χ2v) is 34.7. The average Bonchev–Trinajstić information content (AvgIpc) is 0.864. The number of likely N-dealkylation sites (N-methyl/N-ethyl adjacent to an activating group) is 4. The van der Waals surface area contributed by atoms with Crippen LogP contribution in [0.5, 0.6) is 0 Å². The Kier molecular flexibility index (Phi) is 42.7. The molecule has 1 unspecified atom stereocenters. The van der Waals surface area contributed by atoms with Gasteiger partial charge in [0.25, 0.3) is 0 Å². The van der Waals surface area contributed by atoms with Gasteiger partial charge in [-0.15, -0.1) is 0 Å². The van der Waals surface area contributed by atoms with Gasteiger partial charge >= 0.3 is 48.7 Å². The quantitative estimate of drug-likeness (QED) is 0.0251. The highest BCUT2D eigenvalue weighted by atomic mass is 16.6. The third kappa shape index (κ3) is 57.8. The zero-order valence-electron chi connectivity index (χ0n) is 69.4. The van der Waals surface area contributed by atoms with Gasteiger partial charge in [-0.1, -0.05) is 0 Å². The predicted molar refractivity (Wildman–Crippen MR) is 404 cm³/mol. The van der Waals surface area contributed by atoms with Crippen molar-refractivity contribution >= 4 is 48.7 Å². The minimum Gasteiger partial charge on any atom is -0.444 e. The molecule has 0 saturated carbocycles. The molecule has 6 N–H and O–H groups in total. The number of hydrogen-bond acceptors (Lipinski definition) is 22. The molecule has 0 bridgehead atoms. The van der Waals surface area contributed by atoms with Crippen molar-refractivity contribution in [2.45, 2.75) is 211 Å². The number of ether oxygens (including phenoxy) is 8. The SMILES string of the molecule is CN(CCN(CCNC(=O)OC(C)(C)C)CCNC(=O)OC(C)(C)C)CCN(CCN(CCN(C)CCNC(=O)OC(C)(C)C)CC[N+](C)(CCN(C)CCNC(=O)OC(C)(C)C)CCN(CCNC(=O)OC(C)(C)C)C(=O)OC(C)(C)C)CCN(CCNC(=O)OC(C)(C)C)C(=O)OC(C)(C)C. The van der Waals surface area contributed by atoms with Gasteiger partial charge in [-0.05, 0) is 187 Å². The van der Waals surface area contributed by atoms with Crippen LogP contribution < -0.4 is 31.9 Å². The second kappa shape index (κ2) is 45.4. The van der Waals surface area contributed by atoms with Gasteiger partial charge in [-0.25, -0.2) is 38.4 Å². The van der Waals surface area contributed by atoms with Gasteiger partial charge in [0.1, 0.15) is 44.8 Å². The van der Waals surface area contributed by atoms with E-state index in [-0.39, 0.29) is 39.3 Å². The summed E-state index contributed by atoms with van der Waals surface area (Å²) in [4.78, 5) is 121. The molecular weight excluding hydrogens is 1330 g/mol. The maximum Gasteiger partial charge on any atom is 0.410 e. The summed E-state index contributed by atoms with van der Waals surface area (Å²) < 4.78 is 45.5. The van der Waals surface area contributed by atoms with E-state index in [9.17, 15) is 38.4 Å². The number of alkyl carbamates (subject to hydrolysis) is 6. The molecule has 31 nitrogen and oxygen atoms in total. The molecule has 0 aliphatic heterocycles. The molecule has 604 valence electrons. The third-order valence-corrected chi connectivity index (χ3v) is 14.6. The number of nitrogens with zero attached hydrogens (tertiary/aromatic N) is 9. The van der Waals surface area contributed by atoms with Crippen molar-refractivity contribution in [3.8, 4) is 0 Å². The van der Waals surface area contributed by atoms with Crippen molar-refractivity contribution in [2.75, 3.05) is 211 Å². The number of amides is 8. The van der Waals surface area contributed by atoms with Gasteiger partial charge in [0.05, 0.1) is 33.2 Å². The van der Waals surface area contributed by atoms with E-state index in [4.69, 9.17) is 37.9 Å². The number of carbonyl (C=O) groups is 8. The van der Waals surface area contributed by atoms with E-state index >= 15 is 0 Å². The molecule has 0 aliphatic rings. The summed E-state index contributed by atoms with van der Waals surface area (Å²) in [6.45, 7) is 55.9. The highest BCUT2D eigenvalue weighted by Crippen LogP contribution is 2.16. The van der Waals surface area contributed by atoms with Crippen molar-refractivity contribution in [1.29, 1.82) is 0 Å². The summed E-state index contributed by atoms with van der Waals surface area (Å²) in [5.74, 6) is 0. The summed E-state index contributed by atoms with van der Waals surface area (Å²) in [5.41, 5.74) is -5.72. The zero-order chi connectivity index (χ0) is 79.4. The van der Waals surface area contributed by atoms with Gasteiger partial charge in [0.2, 0.25) is 0 Å². The number of hydrogen-bond donors (Lipinski definition) is 6. The standard InChI is InChI=1S/C72H145N15O16/c1-65(2,3)96-57(88)73-29-35-79(25)41-46-84(52-55-87(28,54-51-80(26)36-30-74-58(89)97-66(4,5)6)56-53-86(64(95)103-72(22,23)24)40-34-78-62(93)101-70(16,17)18)48-47-83(49-50-85(63(94)102-71(19,20)21)39-33-77-61(92)100-69(13,14)15)45-43-81(27)42-44-82(37-31-75-59(90)98-67(7,8)9)38-32-76-60(91)99-68(10,11)12/h29-56H2,1-28H3,(H5-,73,74,75,76,77,78,88,89,90,91,92,93)/p+1. The molecule has 0 rings (SSSR count). The fourth-order valence-electron chi connectivity index (χ4n) is 9.36. The molecule has 0 radical (unpaired) electrons. The smallest absolute Gasteiger partial charge is 0.410 e. The van der Waals surface area contributed by atoms with Gasteiger partial charge < -0.3 is 93.9 Å². The Morgan fingerprint density at radius 1 is 0.243 bits per heavy atom. The number of rotatable bonds is 42. The lowest BCUT2D eigenvalue weighted by Crippen LogP contribution is -2.56. The molecule has 0 aromatic carbocycles. The molecular formula is C72H146N15O16+. The van der Waals surface area contributed by atoms with E-state index in [0.717, 1.165) is 0 Å². The fourth-order valence-corrected chi connectivity index (χ4v) is 9.36. The molecule has 0 fully saturated rings. The first kappa shape index (κ1) is 96.9. The van der Waals surface area contributed by atoms with Crippen LogP contribution in [-0.2, 0) is 37.9 Å². The summed E-state index contributed by atoms with van der Waals surface area (Å²) >= 11 is 0. The Hall–Kier alpha value is -6.12. The number of carbonyl (C=O) groups excluding carboxylic acids is 8. The summed E-state index contributed by atoms with van der Waals surface area (Å²) in [5, 5.41) is 17.1. The molecule has 0 aromatic heterocycles. The van der Waals surface area contributed by atoms with Crippen LogP contribution in [0, 0.1) is 0 Å². The first-order valence-electron chi connectivity index (χ1n) is 36.7. The minimum absolute atomic E-state index is 0.108. The van der Waals surface area contributed by atoms with Crippen molar-refractivity contribution < 1.29 is 80.7 Å². The van der Waals surface area contributed by atoms with Crippen LogP contribution in [0.25, 0.3) is 0 Å². The highest BCUT2D eigenvalue weighted by Gasteiger charge is 2.31. The van der Waals surface area contributed by atoms with Gasteiger partial charge in [0.15, 0.2) is 0 Å². The predicted octanol–water partition coefficient (Wildman–Crippen LogP) is 7.76. The van der Waals surface area contributed by atoms with Crippen molar-refractivity contribution in [3.63, 3.8) is 0 Å². The monoisotopic (exact) mass is 1480 g/mol. The largest absolute Gasteiger partial charge is 0.444 e. The van der Waals surface area contributed by atoms with Crippen LogP contribution in [0.1, 0.15) is 166 Å². The first-order chi connectivity index (χ1) is 46.9. The van der Waals surface area contributed by atoms with Crippen LogP contribution in [0.15, 0.2) is 0 Å². The fraction of sp³-hybridized carbons (Fsp3) is 0.889. The van der Waals surface area contributed by atoms with Crippen molar-refractivity contribution in [1.82, 2.24) is 71.1 Å². The number of nitrogens with one attached hydrogen (secondary N) is 6. The maximum absolute atomic E-state index is 14.1. The topological polar surface area (TPSA) is 308 Å². The molecule has 103 heavy (non-hydrogen) atoms. The third-order valence-electron chi connectivity index (χ3n) is 14.6. The Morgan fingerprint density at radius 3 is 0.748 bits per heavy atom. The zero-order valence-corrected chi connectivity index (χ0v) is 69.4. The van der Waals surface area contributed by atoms with E-state index in [2.05, 4.69) is 68.3 Å². The van der Waals surface area contributed by atoms with Crippen LogP contribution in [0.2, 0.25) is 0 Å². The van der Waals surface area contributed by atoms with E-state index < -0.39 is 93.6 Å². The Morgan fingerprint density at radius 2 is 0.447 bits per heavy atom. The van der Waals surface area contributed by atoms with E-state index in [1.165, 1.54) is 0 Å². The van der Waals surface area contributed by atoms with E-state index in [0.29, 0.717) is 148 Å². The summed E-state index contributed by atoms with van der Waals surface area (Å²) in [6, 6.07) is 0. The van der Waals surface area contributed by atoms with Gasteiger partial charge in [-0.2, -0.15) is 0 Å². The second-order valence-electron chi connectivity index (χ2n) is 34.7. The van der Waals surface area contributed by atoms with Crippen molar-refractivity contribution in [2.24, 2.45) is 0 Å². The van der Waals surface area contributed by atoms with Gasteiger partial charge in [-0.3, -0.25) is 19.6 Å². The summed E-state index contributed by atoms with van der Waals surface area (Å²) in [7, 11) is 8.22. The van der Waals surface area contributed by atoms with E-state index in [1.54, 1.807) is 92.9 Å². The molecule has 0 spiro atoms. The average molecular weight is 1480 g/mol. The van der Waals surface area contributed by atoms with Crippen LogP contribution >= 0.6 is 0 Å². The Bertz CT molecular complexity index is 2460. The van der Waals surface area contributed by atoms with Crippen LogP contribution in [0.4, 0.5) is 38.4 Å². The normalized spacial score (nSPS) is 13.3. The molecule has 0 aliphatic carbocycles. The minimum atomic E-state index is -0.810. The van der Waals surface area contributed by atoms with Crippen LogP contribution in [-0.4, -0.2) is 349 Å². The molecule has 0 aromatic rings. The lowest BCUT2D eigenvalue weighted by Gasteiger charge is -2.39. The molecule has 0 heterocycles. The molecule has 0 saturated heterocycles. The molecule has 1 atom stereocenters. The Balaban J connectivity index is 7.73. The Labute approximate surface area is 620 Å². The lowest BCUT2D eigenvalue weighted by molar-refractivity contribution is -0.908. The summed E-state index contributed by atoms with van der Waals surface area (Å²) in [6.07, 6.45) is -4.30. The first-order valence-corrected chi connectivity index (χ1v) is 36.7. The van der Waals surface area contributed by atoms with E-state index in [1.807, 2.05) is 104 Å². The molecule has 31 heteroatoms. The van der Waals surface area contributed by atoms with Gasteiger partial charge in [0, 0.05) is 157 Å². The lowest BCUT2D eigenvalue weighted by atomic mass is 10.2. The van der Waals surface area contributed by atoms with Crippen LogP contribution in [0.3, 0.4) is 0 Å².